The van der Waals surface area contributed by atoms with Crippen LogP contribution < -0.4 is 4.74 Å². The predicted octanol–water partition coefficient (Wildman–Crippen LogP) is 1.92. The van der Waals surface area contributed by atoms with Crippen LogP contribution in [0.3, 0.4) is 0 Å². The molecule has 0 atom stereocenters. The maximum Gasteiger partial charge on any atom is 0.157 e. The minimum Gasteiger partial charge on any atom is -0.485 e. The van der Waals surface area contributed by atoms with Gasteiger partial charge in [-0.05, 0) is 12.1 Å². The summed E-state index contributed by atoms with van der Waals surface area (Å²) < 4.78 is 4.99. The van der Waals surface area contributed by atoms with Gasteiger partial charge < -0.3 is 4.74 Å². The Morgan fingerprint density at radius 3 is 2.82 bits per heavy atom. The molecule has 0 aliphatic rings. The molecule has 0 heterocycles. The summed E-state index contributed by atoms with van der Waals surface area (Å²) in [5.74, 6) is 0.543. The van der Waals surface area contributed by atoms with Gasteiger partial charge in [0.15, 0.2) is 6.29 Å². The zero-order valence-corrected chi connectivity index (χ0v) is 6.54. The summed E-state index contributed by atoms with van der Waals surface area (Å²) in [7, 11) is 0. The minimum absolute atomic E-state index is 0.0454. The van der Waals surface area contributed by atoms with Crippen molar-refractivity contribution in [1.82, 2.24) is 0 Å². The fourth-order valence-corrected chi connectivity index (χ4v) is 0.876. The number of ether oxygens (including phenoxy) is 1. The van der Waals surface area contributed by atoms with Crippen LogP contribution in [0.25, 0.3) is 0 Å². The van der Waals surface area contributed by atoms with Crippen molar-refractivity contribution in [3.05, 3.63) is 29.3 Å². The molecule has 3 heteroatoms. The second-order valence-corrected chi connectivity index (χ2v) is 2.32. The van der Waals surface area contributed by atoms with E-state index in [9.17, 15) is 4.79 Å². The van der Waals surface area contributed by atoms with E-state index in [1.165, 1.54) is 0 Å². The van der Waals surface area contributed by atoms with Gasteiger partial charge in [-0.3, -0.25) is 4.79 Å². The molecule has 0 aliphatic heterocycles. The number of carbonyl (C=O) groups excluding carboxylic acids is 1. The first-order valence-electron chi connectivity index (χ1n) is 3.15. The quantitative estimate of drug-likeness (QED) is 0.648. The van der Waals surface area contributed by atoms with Crippen LogP contribution in [0.5, 0.6) is 5.75 Å². The van der Waals surface area contributed by atoms with Crippen LogP contribution in [0.2, 0.25) is 5.02 Å². The van der Waals surface area contributed by atoms with E-state index in [1.54, 1.807) is 24.3 Å². The molecule has 2 nitrogen and oxygen atoms in total. The molecule has 0 amide bonds. The van der Waals surface area contributed by atoms with E-state index < -0.39 is 0 Å². The van der Waals surface area contributed by atoms with Crippen molar-refractivity contribution in [3.63, 3.8) is 0 Å². The number of rotatable bonds is 3. The number of benzene rings is 1. The SMILES string of the molecule is O=CCOc1ccccc1Cl. The molecule has 11 heavy (non-hydrogen) atoms. The van der Waals surface area contributed by atoms with E-state index in [0.717, 1.165) is 0 Å². The van der Waals surface area contributed by atoms with Gasteiger partial charge in [0.25, 0.3) is 0 Å². The molecule has 0 aliphatic carbocycles. The summed E-state index contributed by atoms with van der Waals surface area (Å²) in [5, 5.41) is 0.523. The minimum atomic E-state index is 0.0454. The number of halogens is 1. The van der Waals surface area contributed by atoms with Gasteiger partial charge in [0.2, 0.25) is 0 Å². The lowest BCUT2D eigenvalue weighted by atomic mass is 10.3. The van der Waals surface area contributed by atoms with Crippen molar-refractivity contribution < 1.29 is 9.53 Å². The maximum absolute atomic E-state index is 9.92. The zero-order chi connectivity index (χ0) is 8.10. The lowest BCUT2D eigenvalue weighted by Gasteiger charge is -2.02. The maximum atomic E-state index is 9.92. The molecule has 1 aromatic carbocycles. The standard InChI is InChI=1S/C8H7ClO2/c9-7-3-1-2-4-8(7)11-6-5-10/h1-5H,6H2. The largest absolute Gasteiger partial charge is 0.485 e. The topological polar surface area (TPSA) is 26.3 Å². The van der Waals surface area contributed by atoms with Crippen molar-refractivity contribution in [3.8, 4) is 5.75 Å². The van der Waals surface area contributed by atoms with Crippen molar-refractivity contribution in [1.29, 1.82) is 0 Å². The number of carbonyl (C=O) groups is 1. The van der Waals surface area contributed by atoms with E-state index in [-0.39, 0.29) is 6.61 Å². The van der Waals surface area contributed by atoms with E-state index in [4.69, 9.17) is 16.3 Å². The van der Waals surface area contributed by atoms with Crippen LogP contribution in [-0.2, 0) is 4.79 Å². The summed E-state index contributed by atoms with van der Waals surface area (Å²) in [6.07, 6.45) is 0.684. The second kappa shape index (κ2) is 3.98. The molecule has 0 saturated heterocycles. The molecule has 0 unspecified atom stereocenters. The summed E-state index contributed by atoms with van der Waals surface area (Å²) in [6.45, 7) is 0.0454. The number of para-hydroxylation sites is 1. The van der Waals surface area contributed by atoms with Gasteiger partial charge in [-0.1, -0.05) is 23.7 Å². The molecule has 0 radical (unpaired) electrons. The normalized spacial score (nSPS) is 9.18. The van der Waals surface area contributed by atoms with E-state index in [0.29, 0.717) is 17.1 Å². The number of hydrogen-bond acceptors (Lipinski definition) is 2. The van der Waals surface area contributed by atoms with Gasteiger partial charge in [0, 0.05) is 0 Å². The first-order valence-corrected chi connectivity index (χ1v) is 3.53. The van der Waals surface area contributed by atoms with E-state index in [1.807, 2.05) is 0 Å². The number of hydrogen-bond donors (Lipinski definition) is 0. The summed E-state index contributed by atoms with van der Waals surface area (Å²) in [6, 6.07) is 7.02. The van der Waals surface area contributed by atoms with Gasteiger partial charge in [-0.2, -0.15) is 0 Å². The third kappa shape index (κ3) is 2.24. The van der Waals surface area contributed by atoms with Crippen molar-refractivity contribution in [2.75, 3.05) is 6.61 Å². The Hall–Kier alpha value is -1.02. The monoisotopic (exact) mass is 170 g/mol. The second-order valence-electron chi connectivity index (χ2n) is 1.91. The van der Waals surface area contributed by atoms with E-state index >= 15 is 0 Å². The molecule has 0 spiro atoms. The third-order valence-corrected chi connectivity index (χ3v) is 1.46. The van der Waals surface area contributed by atoms with Gasteiger partial charge in [0.05, 0.1) is 5.02 Å². The van der Waals surface area contributed by atoms with Gasteiger partial charge in [-0.15, -0.1) is 0 Å². The summed E-state index contributed by atoms with van der Waals surface area (Å²) in [4.78, 5) is 9.92. The highest BCUT2D eigenvalue weighted by Gasteiger charge is 1.96. The average Bonchev–Trinajstić information content (AvgIpc) is 2.03. The Kier molecular flexibility index (Phi) is 2.93. The van der Waals surface area contributed by atoms with Crippen LogP contribution in [0, 0.1) is 0 Å². The van der Waals surface area contributed by atoms with Gasteiger partial charge >= 0.3 is 0 Å². The third-order valence-electron chi connectivity index (χ3n) is 1.14. The summed E-state index contributed by atoms with van der Waals surface area (Å²) >= 11 is 5.72. The highest BCUT2D eigenvalue weighted by Crippen LogP contribution is 2.22. The van der Waals surface area contributed by atoms with Crippen LogP contribution >= 0.6 is 11.6 Å². The predicted molar refractivity (Wildman–Crippen MR) is 43.0 cm³/mol. The zero-order valence-electron chi connectivity index (χ0n) is 5.79. The van der Waals surface area contributed by atoms with Crippen molar-refractivity contribution in [2.45, 2.75) is 0 Å². The highest BCUT2D eigenvalue weighted by atomic mass is 35.5. The molecule has 1 rings (SSSR count). The lowest BCUT2D eigenvalue weighted by Crippen LogP contribution is -1.97. The highest BCUT2D eigenvalue weighted by molar-refractivity contribution is 6.32. The fraction of sp³-hybridized carbons (Fsp3) is 0.125. The van der Waals surface area contributed by atoms with E-state index in [2.05, 4.69) is 0 Å². The fourth-order valence-electron chi connectivity index (χ4n) is 0.686. The summed E-state index contributed by atoms with van der Waals surface area (Å²) in [5.41, 5.74) is 0. The van der Waals surface area contributed by atoms with Crippen LogP contribution in [0.4, 0.5) is 0 Å². The Morgan fingerprint density at radius 2 is 2.18 bits per heavy atom. The molecule has 58 valence electrons. The molecule has 0 N–H and O–H groups in total. The van der Waals surface area contributed by atoms with Gasteiger partial charge in [0.1, 0.15) is 12.4 Å². The Bertz CT molecular complexity index is 248. The van der Waals surface area contributed by atoms with Crippen LogP contribution in [-0.4, -0.2) is 12.9 Å². The Labute approximate surface area is 69.7 Å². The Morgan fingerprint density at radius 1 is 1.45 bits per heavy atom. The molecule has 1 aromatic rings. The molecule has 0 saturated carbocycles. The Balaban J connectivity index is 2.69. The first-order chi connectivity index (χ1) is 5.34. The smallest absolute Gasteiger partial charge is 0.157 e. The van der Waals surface area contributed by atoms with Crippen LogP contribution in [0.15, 0.2) is 24.3 Å². The van der Waals surface area contributed by atoms with Crippen molar-refractivity contribution >= 4 is 17.9 Å². The van der Waals surface area contributed by atoms with Gasteiger partial charge in [-0.25, -0.2) is 0 Å². The van der Waals surface area contributed by atoms with Crippen molar-refractivity contribution in [2.24, 2.45) is 0 Å². The number of aldehydes is 1. The molecular formula is C8H7ClO2. The molecule has 0 aromatic heterocycles. The van der Waals surface area contributed by atoms with Crippen LogP contribution in [0.1, 0.15) is 0 Å². The first kappa shape index (κ1) is 8.08. The molecular weight excluding hydrogens is 164 g/mol. The lowest BCUT2D eigenvalue weighted by molar-refractivity contribution is -0.109. The average molecular weight is 171 g/mol. The molecule has 0 bridgehead atoms. The molecule has 0 fully saturated rings.